The van der Waals surface area contributed by atoms with Crippen LogP contribution in [0.5, 0.6) is 17.2 Å². The molecular weight excluding hydrogens is 564 g/mol. The summed E-state index contributed by atoms with van der Waals surface area (Å²) in [6.45, 7) is 9.32. The molecule has 1 N–H and O–H groups in total. The van der Waals surface area contributed by atoms with Crippen LogP contribution in [0.1, 0.15) is 43.0 Å². The monoisotopic (exact) mass is 602 g/mol. The van der Waals surface area contributed by atoms with Crippen molar-refractivity contribution in [1.82, 2.24) is 0 Å². The second kappa shape index (κ2) is 17.9. The zero-order chi connectivity index (χ0) is 31.7. The van der Waals surface area contributed by atoms with Gasteiger partial charge in [0.1, 0.15) is 30.5 Å². The van der Waals surface area contributed by atoms with E-state index >= 15 is 0 Å². The third-order valence-corrected chi connectivity index (χ3v) is 6.30. The van der Waals surface area contributed by atoms with E-state index in [2.05, 4.69) is 13.2 Å². The van der Waals surface area contributed by atoms with Gasteiger partial charge in [0.2, 0.25) is 0 Å². The maximum atomic E-state index is 12.6. The molecule has 9 nitrogen and oxygen atoms in total. The van der Waals surface area contributed by atoms with Crippen LogP contribution in [-0.2, 0) is 19.1 Å². The molecule has 9 heteroatoms. The molecule has 0 amide bonds. The van der Waals surface area contributed by atoms with Gasteiger partial charge in [0.15, 0.2) is 0 Å². The summed E-state index contributed by atoms with van der Waals surface area (Å²) in [7, 11) is 0. The van der Waals surface area contributed by atoms with Crippen molar-refractivity contribution in [2.45, 2.75) is 32.6 Å². The zero-order valence-electron chi connectivity index (χ0n) is 24.9. The predicted molar refractivity (Wildman–Crippen MR) is 166 cm³/mol. The minimum Gasteiger partial charge on any atom is -0.494 e. The Morgan fingerprint density at radius 3 is 1.70 bits per heavy atom. The van der Waals surface area contributed by atoms with Crippen LogP contribution < -0.4 is 14.2 Å². The number of rotatable bonds is 18. The predicted octanol–water partition coefficient (Wildman–Crippen LogP) is 6.10. The summed E-state index contributed by atoms with van der Waals surface area (Å²) in [6.07, 6.45) is 3.48. The van der Waals surface area contributed by atoms with Crippen LogP contribution in [-0.4, -0.2) is 56.0 Å². The first kappa shape index (κ1) is 33.6. The van der Waals surface area contributed by atoms with Crippen LogP contribution in [0.4, 0.5) is 0 Å². The van der Waals surface area contributed by atoms with E-state index < -0.39 is 24.5 Å². The summed E-state index contributed by atoms with van der Waals surface area (Å²) in [5, 5.41) is 8.84. The molecule has 3 aromatic rings. The average Bonchev–Trinajstić information content (AvgIpc) is 3.04. The zero-order valence-corrected chi connectivity index (χ0v) is 24.9. The van der Waals surface area contributed by atoms with E-state index in [0.717, 1.165) is 42.6 Å². The maximum absolute atomic E-state index is 12.6. The van der Waals surface area contributed by atoms with Gasteiger partial charge in [-0.05, 0) is 92.3 Å². The number of carbonyl (C=O) groups excluding carboxylic acids is 3. The molecule has 0 atom stereocenters. The summed E-state index contributed by atoms with van der Waals surface area (Å²) in [5.74, 6) is 0.206. The summed E-state index contributed by atoms with van der Waals surface area (Å²) in [4.78, 5) is 35.4. The first-order valence-corrected chi connectivity index (χ1v) is 14.3. The van der Waals surface area contributed by atoms with Crippen molar-refractivity contribution in [3.05, 3.63) is 103 Å². The molecule has 0 radical (unpaired) electrons. The lowest BCUT2D eigenvalue weighted by Crippen LogP contribution is -2.12. The van der Waals surface area contributed by atoms with Gasteiger partial charge < -0.3 is 28.8 Å². The van der Waals surface area contributed by atoms with Crippen LogP contribution in [0.2, 0.25) is 0 Å². The molecule has 0 spiro atoms. The lowest BCUT2D eigenvalue weighted by Gasteiger charge is -2.09. The Morgan fingerprint density at radius 1 is 0.614 bits per heavy atom. The van der Waals surface area contributed by atoms with E-state index in [4.69, 9.17) is 28.8 Å². The van der Waals surface area contributed by atoms with Gasteiger partial charge in [-0.1, -0.05) is 37.4 Å². The van der Waals surface area contributed by atoms with Gasteiger partial charge in [-0.3, -0.25) is 0 Å². The average molecular weight is 603 g/mol. The van der Waals surface area contributed by atoms with E-state index in [0.29, 0.717) is 35.8 Å². The number of hydrogen-bond donors (Lipinski definition) is 1. The van der Waals surface area contributed by atoms with E-state index in [9.17, 15) is 14.4 Å². The number of aliphatic hydroxyl groups is 1. The molecule has 0 bridgehead atoms. The summed E-state index contributed by atoms with van der Waals surface area (Å²) in [6, 6.07) is 21.5. The summed E-state index contributed by atoms with van der Waals surface area (Å²) >= 11 is 0. The van der Waals surface area contributed by atoms with Crippen molar-refractivity contribution < 1.29 is 43.2 Å². The third kappa shape index (κ3) is 11.4. The minimum absolute atomic E-state index is 0.0622. The largest absolute Gasteiger partial charge is 0.494 e. The molecule has 0 saturated carbocycles. The van der Waals surface area contributed by atoms with Gasteiger partial charge in [0.05, 0.1) is 31.0 Å². The lowest BCUT2D eigenvalue weighted by molar-refractivity contribution is -0.140. The summed E-state index contributed by atoms with van der Waals surface area (Å²) in [5.41, 5.74) is 2.75. The Balaban J connectivity index is 1.36. The molecule has 0 aliphatic carbocycles. The molecule has 0 fully saturated rings. The highest BCUT2D eigenvalue weighted by Crippen LogP contribution is 2.24. The van der Waals surface area contributed by atoms with Crippen molar-refractivity contribution in [3.8, 4) is 28.4 Å². The van der Waals surface area contributed by atoms with Gasteiger partial charge in [-0.15, -0.1) is 0 Å². The van der Waals surface area contributed by atoms with Crippen LogP contribution in [0.25, 0.3) is 11.1 Å². The standard InChI is InChI=1S/C35H38O9/c1-25(2)33(37)43-23-22-41-31-16-18-32(19-17-31)44-35(39)29-10-8-27(9-11-29)28-12-14-30(15-13-28)40-20-6-4-5-7-21-42-34(38)26(3)24-36/h8-19,36H,1,3-7,20-24H2,2H3. The Kier molecular flexibility index (Phi) is 13.7. The van der Waals surface area contributed by atoms with Gasteiger partial charge in [-0.25, -0.2) is 14.4 Å². The SMILES string of the molecule is C=C(C)C(=O)OCCOc1ccc(OC(=O)c2ccc(-c3ccc(OCCCCCCOC(=O)C(=C)CO)cc3)cc2)cc1. The van der Waals surface area contributed by atoms with Gasteiger partial charge in [0, 0.05) is 5.57 Å². The molecular formula is C35H38O9. The molecule has 0 heterocycles. The number of esters is 3. The number of carbonyl (C=O) groups is 3. The molecule has 3 aromatic carbocycles. The Bertz CT molecular complexity index is 1390. The smallest absolute Gasteiger partial charge is 0.343 e. The molecule has 0 aliphatic rings. The Morgan fingerprint density at radius 2 is 1.11 bits per heavy atom. The van der Waals surface area contributed by atoms with Crippen LogP contribution >= 0.6 is 0 Å². The van der Waals surface area contributed by atoms with Crippen molar-refractivity contribution in [1.29, 1.82) is 0 Å². The maximum Gasteiger partial charge on any atom is 0.343 e. The first-order valence-electron chi connectivity index (χ1n) is 14.3. The Labute approximate surface area is 257 Å². The highest BCUT2D eigenvalue weighted by molar-refractivity contribution is 5.91. The second-order valence-electron chi connectivity index (χ2n) is 9.89. The molecule has 44 heavy (non-hydrogen) atoms. The first-order chi connectivity index (χ1) is 21.3. The van der Waals surface area contributed by atoms with E-state index in [1.165, 1.54) is 0 Å². The molecule has 0 aromatic heterocycles. The highest BCUT2D eigenvalue weighted by atomic mass is 16.6. The second-order valence-corrected chi connectivity index (χ2v) is 9.89. The van der Waals surface area contributed by atoms with E-state index in [-0.39, 0.29) is 18.8 Å². The molecule has 0 aliphatic heterocycles. The normalized spacial score (nSPS) is 10.4. The fraction of sp³-hybridized carbons (Fsp3) is 0.286. The lowest BCUT2D eigenvalue weighted by atomic mass is 10.0. The quantitative estimate of drug-likeness (QED) is 0.0797. The van der Waals surface area contributed by atoms with Crippen LogP contribution in [0.15, 0.2) is 97.1 Å². The Hall–Kier alpha value is -4.89. The molecule has 0 unspecified atom stereocenters. The van der Waals surface area contributed by atoms with Crippen molar-refractivity contribution >= 4 is 17.9 Å². The van der Waals surface area contributed by atoms with Crippen LogP contribution in [0.3, 0.4) is 0 Å². The van der Waals surface area contributed by atoms with Crippen molar-refractivity contribution in [3.63, 3.8) is 0 Å². The molecule has 232 valence electrons. The topological polar surface area (TPSA) is 118 Å². The van der Waals surface area contributed by atoms with Crippen LogP contribution in [0, 0.1) is 0 Å². The number of ether oxygens (including phenoxy) is 5. The minimum atomic E-state index is -0.554. The summed E-state index contributed by atoms with van der Waals surface area (Å²) < 4.78 is 26.8. The number of benzene rings is 3. The molecule has 0 saturated heterocycles. The van der Waals surface area contributed by atoms with Gasteiger partial charge >= 0.3 is 17.9 Å². The van der Waals surface area contributed by atoms with Crippen molar-refractivity contribution in [2.75, 3.05) is 33.0 Å². The van der Waals surface area contributed by atoms with E-state index in [1.54, 1.807) is 43.3 Å². The number of unbranched alkanes of at least 4 members (excludes halogenated alkanes) is 3. The number of aliphatic hydroxyl groups excluding tert-OH is 1. The molecule has 3 rings (SSSR count). The van der Waals surface area contributed by atoms with E-state index in [1.807, 2.05) is 36.4 Å². The number of hydrogen-bond acceptors (Lipinski definition) is 9. The van der Waals surface area contributed by atoms with Crippen molar-refractivity contribution in [2.24, 2.45) is 0 Å². The fourth-order valence-electron chi connectivity index (χ4n) is 3.81. The van der Waals surface area contributed by atoms with Gasteiger partial charge in [-0.2, -0.15) is 0 Å². The fourth-order valence-corrected chi connectivity index (χ4v) is 3.81. The highest BCUT2D eigenvalue weighted by Gasteiger charge is 2.10. The van der Waals surface area contributed by atoms with Gasteiger partial charge in [0.25, 0.3) is 0 Å². The third-order valence-electron chi connectivity index (χ3n) is 6.30.